The first-order valence-corrected chi connectivity index (χ1v) is 9.21. The Kier molecular flexibility index (Phi) is 6.30. The minimum Gasteiger partial charge on any atom is -0.464 e. The molecule has 2 rings (SSSR count). The third kappa shape index (κ3) is 5.09. The quantitative estimate of drug-likeness (QED) is 0.787. The number of nitrogens with one attached hydrogen (secondary N) is 1. The van der Waals surface area contributed by atoms with Crippen molar-refractivity contribution in [3.05, 3.63) is 0 Å². The molecule has 2 aliphatic rings. The molecule has 2 aliphatic heterocycles. The van der Waals surface area contributed by atoms with E-state index in [-0.39, 0.29) is 17.9 Å². The van der Waals surface area contributed by atoms with Gasteiger partial charge in [-0.3, -0.25) is 4.79 Å². The van der Waals surface area contributed by atoms with Crippen LogP contribution in [0.2, 0.25) is 0 Å². The van der Waals surface area contributed by atoms with Crippen LogP contribution in [0, 0.1) is 0 Å². The maximum absolute atomic E-state index is 13.0. The zero-order valence-corrected chi connectivity index (χ0v) is 15.7. The number of rotatable bonds is 3. The molecule has 0 aromatic carbocycles. The molecule has 142 valence electrons. The number of ether oxygens (including phenoxy) is 2. The van der Waals surface area contributed by atoms with Gasteiger partial charge in [0.1, 0.15) is 17.7 Å². The lowest BCUT2D eigenvalue weighted by molar-refractivity contribution is -0.155. The Hall–Kier alpha value is -1.79. The van der Waals surface area contributed by atoms with Crippen LogP contribution >= 0.6 is 0 Å². The summed E-state index contributed by atoms with van der Waals surface area (Å²) in [4.78, 5) is 39.0. The molecule has 0 aromatic heterocycles. The van der Waals surface area contributed by atoms with Crippen molar-refractivity contribution in [2.24, 2.45) is 0 Å². The lowest BCUT2D eigenvalue weighted by Crippen LogP contribution is -2.55. The second-order valence-electron chi connectivity index (χ2n) is 7.73. The van der Waals surface area contributed by atoms with Crippen LogP contribution in [0.3, 0.4) is 0 Å². The fourth-order valence-electron chi connectivity index (χ4n) is 3.59. The zero-order valence-electron chi connectivity index (χ0n) is 15.7. The summed E-state index contributed by atoms with van der Waals surface area (Å²) in [5.74, 6) is -0.555. The molecule has 2 fully saturated rings. The number of alkyl carbamates (subject to hydrolysis) is 1. The number of fused-ring (bicyclic) bond motifs is 1. The van der Waals surface area contributed by atoms with Crippen LogP contribution < -0.4 is 5.32 Å². The number of amides is 2. The van der Waals surface area contributed by atoms with Gasteiger partial charge in [-0.2, -0.15) is 0 Å². The van der Waals surface area contributed by atoms with Crippen molar-refractivity contribution in [2.75, 3.05) is 6.61 Å². The molecule has 2 saturated heterocycles. The Morgan fingerprint density at radius 1 is 1.16 bits per heavy atom. The molecule has 0 aliphatic carbocycles. The summed E-state index contributed by atoms with van der Waals surface area (Å²) in [6, 6.07) is -1.16. The van der Waals surface area contributed by atoms with E-state index in [1.54, 1.807) is 32.6 Å². The van der Waals surface area contributed by atoms with E-state index in [1.807, 2.05) is 0 Å². The number of carbonyl (C=O) groups is 3. The Balaban J connectivity index is 2.12. The van der Waals surface area contributed by atoms with Crippen molar-refractivity contribution in [3.63, 3.8) is 0 Å². The Morgan fingerprint density at radius 2 is 1.84 bits per heavy atom. The van der Waals surface area contributed by atoms with Crippen molar-refractivity contribution < 1.29 is 23.9 Å². The fraction of sp³-hybridized carbons (Fsp3) is 0.833. The monoisotopic (exact) mass is 354 g/mol. The predicted molar refractivity (Wildman–Crippen MR) is 91.9 cm³/mol. The summed E-state index contributed by atoms with van der Waals surface area (Å²) in [7, 11) is 0. The first kappa shape index (κ1) is 19.5. The molecule has 0 saturated carbocycles. The average molecular weight is 354 g/mol. The molecule has 0 bridgehead atoms. The second kappa shape index (κ2) is 8.06. The summed E-state index contributed by atoms with van der Waals surface area (Å²) in [5.41, 5.74) is -0.627. The normalized spacial score (nSPS) is 27.1. The van der Waals surface area contributed by atoms with Crippen LogP contribution in [-0.4, -0.2) is 53.2 Å². The van der Waals surface area contributed by atoms with Gasteiger partial charge >= 0.3 is 12.1 Å². The molecule has 3 unspecified atom stereocenters. The largest absolute Gasteiger partial charge is 0.464 e. The van der Waals surface area contributed by atoms with Gasteiger partial charge in [0.15, 0.2) is 0 Å². The first-order valence-electron chi connectivity index (χ1n) is 9.21. The molecule has 0 radical (unpaired) electrons. The number of carbonyl (C=O) groups excluding carboxylic acids is 3. The molecule has 2 amide bonds. The molecule has 3 atom stereocenters. The van der Waals surface area contributed by atoms with Gasteiger partial charge in [0.25, 0.3) is 0 Å². The first-order chi connectivity index (χ1) is 11.7. The van der Waals surface area contributed by atoms with Gasteiger partial charge in [-0.1, -0.05) is 12.8 Å². The molecule has 25 heavy (non-hydrogen) atoms. The van der Waals surface area contributed by atoms with Gasteiger partial charge in [-0.25, -0.2) is 9.59 Å². The predicted octanol–water partition coefficient (Wildman–Crippen LogP) is 2.38. The lowest BCUT2D eigenvalue weighted by atomic mass is 9.99. The van der Waals surface area contributed by atoms with Crippen molar-refractivity contribution in [3.8, 4) is 0 Å². The molecule has 7 heteroatoms. The molecular weight excluding hydrogens is 324 g/mol. The Labute approximate surface area is 149 Å². The molecule has 1 N–H and O–H groups in total. The minimum absolute atomic E-state index is 0.0464. The topological polar surface area (TPSA) is 84.9 Å². The van der Waals surface area contributed by atoms with E-state index in [9.17, 15) is 14.4 Å². The van der Waals surface area contributed by atoms with Gasteiger partial charge in [-0.15, -0.1) is 0 Å². The van der Waals surface area contributed by atoms with Gasteiger partial charge in [0.2, 0.25) is 5.91 Å². The fourth-order valence-corrected chi connectivity index (χ4v) is 3.59. The van der Waals surface area contributed by atoms with Gasteiger partial charge in [0, 0.05) is 6.04 Å². The maximum Gasteiger partial charge on any atom is 0.408 e. The van der Waals surface area contributed by atoms with Crippen LogP contribution in [-0.2, 0) is 19.1 Å². The third-order valence-corrected chi connectivity index (χ3v) is 4.58. The summed E-state index contributed by atoms with van der Waals surface area (Å²) in [6.45, 7) is 7.38. The summed E-state index contributed by atoms with van der Waals surface area (Å²) in [5, 5.41) is 2.69. The number of nitrogens with zero attached hydrogens (tertiary/aromatic N) is 1. The van der Waals surface area contributed by atoms with Gasteiger partial charge < -0.3 is 19.7 Å². The van der Waals surface area contributed by atoms with Crippen molar-refractivity contribution >= 4 is 18.0 Å². The van der Waals surface area contributed by atoms with Gasteiger partial charge in [0.05, 0.1) is 6.61 Å². The highest BCUT2D eigenvalue weighted by atomic mass is 16.6. The summed E-state index contributed by atoms with van der Waals surface area (Å²) in [6.07, 6.45) is 4.09. The van der Waals surface area contributed by atoms with Crippen molar-refractivity contribution in [2.45, 2.75) is 89.9 Å². The molecule has 2 heterocycles. The zero-order chi connectivity index (χ0) is 18.6. The van der Waals surface area contributed by atoms with Crippen LogP contribution in [0.4, 0.5) is 4.79 Å². The van der Waals surface area contributed by atoms with Crippen LogP contribution in [0.25, 0.3) is 0 Å². The van der Waals surface area contributed by atoms with Crippen LogP contribution in [0.15, 0.2) is 0 Å². The highest BCUT2D eigenvalue weighted by molar-refractivity contribution is 5.90. The number of hydrogen-bond acceptors (Lipinski definition) is 5. The van der Waals surface area contributed by atoms with Crippen molar-refractivity contribution in [1.29, 1.82) is 0 Å². The summed E-state index contributed by atoms with van der Waals surface area (Å²) < 4.78 is 10.4. The standard InChI is InChI=1S/C18H30N2O5/c1-5-24-16(22)14-11-10-12-8-6-7-9-13(15(21)20(12)14)19-17(23)25-18(2,3)4/h12-14H,5-11H2,1-4H3,(H,19,23). The number of esters is 1. The molecular formula is C18H30N2O5. The Morgan fingerprint density at radius 3 is 2.48 bits per heavy atom. The SMILES string of the molecule is CCOC(=O)C1CCC2CCCCC(NC(=O)OC(C)(C)C)C(=O)N21. The van der Waals surface area contributed by atoms with E-state index < -0.39 is 23.8 Å². The third-order valence-electron chi connectivity index (χ3n) is 4.58. The van der Waals surface area contributed by atoms with Crippen LogP contribution in [0.1, 0.15) is 66.2 Å². The van der Waals surface area contributed by atoms with E-state index in [0.29, 0.717) is 19.4 Å². The lowest BCUT2D eigenvalue weighted by Gasteiger charge is -2.35. The minimum atomic E-state index is -0.660. The van der Waals surface area contributed by atoms with Crippen LogP contribution in [0.5, 0.6) is 0 Å². The summed E-state index contributed by atoms with van der Waals surface area (Å²) >= 11 is 0. The van der Waals surface area contributed by atoms with Gasteiger partial charge in [-0.05, 0) is 53.4 Å². The van der Waals surface area contributed by atoms with E-state index in [0.717, 1.165) is 25.7 Å². The smallest absolute Gasteiger partial charge is 0.408 e. The van der Waals surface area contributed by atoms with E-state index >= 15 is 0 Å². The molecule has 0 spiro atoms. The van der Waals surface area contributed by atoms with E-state index in [1.165, 1.54) is 0 Å². The molecule has 7 nitrogen and oxygen atoms in total. The van der Waals surface area contributed by atoms with E-state index in [4.69, 9.17) is 9.47 Å². The average Bonchev–Trinajstić information content (AvgIpc) is 2.90. The Bertz CT molecular complexity index is 514. The second-order valence-corrected chi connectivity index (χ2v) is 7.73. The van der Waals surface area contributed by atoms with E-state index in [2.05, 4.69) is 5.32 Å². The highest BCUT2D eigenvalue weighted by Gasteiger charge is 2.44. The van der Waals surface area contributed by atoms with Crippen molar-refractivity contribution in [1.82, 2.24) is 10.2 Å². The number of hydrogen-bond donors (Lipinski definition) is 1. The molecule has 0 aromatic rings. The highest BCUT2D eigenvalue weighted by Crippen LogP contribution is 2.31. The maximum atomic E-state index is 13.0.